The first kappa shape index (κ1) is 15.9. The molecule has 5 nitrogen and oxygen atoms in total. The van der Waals surface area contributed by atoms with Crippen molar-refractivity contribution in [3.8, 4) is 11.1 Å². The molecule has 0 saturated carbocycles. The number of nitrogens with zero attached hydrogens (tertiary/aromatic N) is 2. The molecule has 0 unspecified atom stereocenters. The largest absolute Gasteiger partial charge is 0.370 e. The first-order chi connectivity index (χ1) is 11.5. The first-order valence-corrected chi connectivity index (χ1v) is 7.31. The summed E-state index contributed by atoms with van der Waals surface area (Å²) in [7, 11) is 0. The van der Waals surface area contributed by atoms with Crippen molar-refractivity contribution >= 4 is 34.4 Å². The van der Waals surface area contributed by atoms with E-state index in [0.29, 0.717) is 32.6 Å². The normalized spacial score (nSPS) is 10.6. The molecule has 0 radical (unpaired) electrons. The zero-order valence-electron chi connectivity index (χ0n) is 12.3. The molecule has 0 fully saturated rings. The van der Waals surface area contributed by atoms with Gasteiger partial charge in [0.1, 0.15) is 5.82 Å². The molecule has 0 aliphatic rings. The van der Waals surface area contributed by atoms with Gasteiger partial charge >= 0.3 is 0 Å². The van der Waals surface area contributed by atoms with Gasteiger partial charge in [-0.2, -0.15) is 4.99 Å². The van der Waals surface area contributed by atoms with Crippen LogP contribution in [0.2, 0.25) is 5.02 Å². The number of carbonyl (C=O) groups excluding carboxylic acids is 1. The highest BCUT2D eigenvalue weighted by Gasteiger charge is 2.13. The molecule has 0 spiro atoms. The van der Waals surface area contributed by atoms with Crippen LogP contribution < -0.4 is 11.5 Å². The molecular formula is C17H12ClFN4O. The van der Waals surface area contributed by atoms with Crippen molar-refractivity contribution in [2.75, 3.05) is 0 Å². The maximum atomic E-state index is 13.2. The Morgan fingerprint density at radius 2 is 1.83 bits per heavy atom. The lowest BCUT2D eigenvalue weighted by Crippen LogP contribution is -2.24. The van der Waals surface area contributed by atoms with Gasteiger partial charge < -0.3 is 11.5 Å². The summed E-state index contributed by atoms with van der Waals surface area (Å²) in [5, 5.41) is 1.03. The Balaban J connectivity index is 2.24. The number of guanidine groups is 1. The van der Waals surface area contributed by atoms with Crippen LogP contribution in [0.15, 0.2) is 53.7 Å². The van der Waals surface area contributed by atoms with Crippen LogP contribution in [0, 0.1) is 5.82 Å². The van der Waals surface area contributed by atoms with E-state index in [-0.39, 0.29) is 11.8 Å². The average Bonchev–Trinajstić information content (AvgIpc) is 2.55. The van der Waals surface area contributed by atoms with E-state index in [9.17, 15) is 9.18 Å². The molecule has 1 heterocycles. The summed E-state index contributed by atoms with van der Waals surface area (Å²) in [6.45, 7) is 0. The quantitative estimate of drug-likeness (QED) is 0.552. The molecule has 0 saturated heterocycles. The number of aromatic nitrogens is 1. The van der Waals surface area contributed by atoms with Gasteiger partial charge in [0.05, 0.1) is 10.5 Å². The Morgan fingerprint density at radius 3 is 2.50 bits per heavy atom. The number of hydrogen-bond acceptors (Lipinski definition) is 2. The van der Waals surface area contributed by atoms with E-state index in [4.69, 9.17) is 23.1 Å². The van der Waals surface area contributed by atoms with Crippen LogP contribution in [0.25, 0.3) is 22.0 Å². The number of benzene rings is 2. The van der Waals surface area contributed by atoms with Crippen molar-refractivity contribution in [3.05, 3.63) is 65.1 Å². The van der Waals surface area contributed by atoms with Crippen LogP contribution in [-0.4, -0.2) is 16.9 Å². The Labute approximate surface area is 141 Å². The van der Waals surface area contributed by atoms with Crippen LogP contribution in [0.4, 0.5) is 4.39 Å². The zero-order chi connectivity index (χ0) is 17.3. The smallest absolute Gasteiger partial charge is 0.280 e. The lowest BCUT2D eigenvalue weighted by molar-refractivity contribution is 0.100. The Morgan fingerprint density at radius 1 is 1.12 bits per heavy atom. The van der Waals surface area contributed by atoms with Gasteiger partial charge in [-0.15, -0.1) is 0 Å². The van der Waals surface area contributed by atoms with Gasteiger partial charge in [0.15, 0.2) is 5.96 Å². The van der Waals surface area contributed by atoms with Gasteiger partial charge in [-0.3, -0.25) is 9.78 Å². The van der Waals surface area contributed by atoms with Gasteiger partial charge in [-0.1, -0.05) is 23.7 Å². The molecule has 1 amide bonds. The SMILES string of the molecule is NC(N)=NC(=O)c1ccc2ncc(Cl)c(-c3ccc(F)cc3)c2c1. The minimum atomic E-state index is -0.568. The summed E-state index contributed by atoms with van der Waals surface area (Å²) in [5.74, 6) is -1.23. The molecule has 2 aromatic carbocycles. The lowest BCUT2D eigenvalue weighted by Gasteiger charge is -2.10. The number of rotatable bonds is 2. The van der Waals surface area contributed by atoms with Crippen LogP contribution in [-0.2, 0) is 0 Å². The van der Waals surface area contributed by atoms with Crippen LogP contribution in [0.3, 0.4) is 0 Å². The van der Waals surface area contributed by atoms with E-state index in [1.54, 1.807) is 30.3 Å². The molecule has 3 aromatic rings. The maximum absolute atomic E-state index is 13.2. The zero-order valence-corrected chi connectivity index (χ0v) is 13.1. The maximum Gasteiger partial charge on any atom is 0.280 e. The molecule has 0 atom stereocenters. The van der Waals surface area contributed by atoms with E-state index < -0.39 is 5.91 Å². The van der Waals surface area contributed by atoms with E-state index in [1.807, 2.05) is 0 Å². The number of fused-ring (bicyclic) bond motifs is 1. The summed E-state index contributed by atoms with van der Waals surface area (Å²) in [5.41, 5.74) is 12.8. The summed E-state index contributed by atoms with van der Waals surface area (Å²) >= 11 is 6.29. The monoisotopic (exact) mass is 342 g/mol. The third-order valence-electron chi connectivity index (χ3n) is 3.43. The molecule has 0 aliphatic carbocycles. The standard InChI is InChI=1S/C17H12ClFN4O/c18-13-8-22-14-6-3-10(16(24)23-17(20)21)7-12(14)15(13)9-1-4-11(19)5-2-9/h1-8H,(H4,20,21,23,24). The predicted octanol–water partition coefficient (Wildman–Crippen LogP) is 3.11. The first-order valence-electron chi connectivity index (χ1n) is 6.94. The summed E-state index contributed by atoms with van der Waals surface area (Å²) in [6, 6.07) is 10.8. The Kier molecular flexibility index (Phi) is 4.14. The average molecular weight is 343 g/mol. The molecule has 120 valence electrons. The molecule has 4 N–H and O–H groups in total. The second-order valence-corrected chi connectivity index (χ2v) is 5.47. The topological polar surface area (TPSA) is 94.4 Å². The number of pyridine rings is 1. The van der Waals surface area contributed by atoms with Gasteiger partial charge in [-0.05, 0) is 35.9 Å². The highest BCUT2D eigenvalue weighted by molar-refractivity contribution is 6.34. The van der Waals surface area contributed by atoms with Gasteiger partial charge in [0, 0.05) is 22.7 Å². The van der Waals surface area contributed by atoms with Crippen LogP contribution >= 0.6 is 11.6 Å². The van der Waals surface area contributed by atoms with Crippen molar-refractivity contribution < 1.29 is 9.18 Å². The van der Waals surface area contributed by atoms with Gasteiger partial charge in [-0.25, -0.2) is 4.39 Å². The Bertz CT molecular complexity index is 966. The molecule has 3 rings (SSSR count). The van der Waals surface area contributed by atoms with Crippen molar-refractivity contribution in [1.82, 2.24) is 4.98 Å². The van der Waals surface area contributed by atoms with E-state index >= 15 is 0 Å². The number of halogens is 2. The van der Waals surface area contributed by atoms with E-state index in [2.05, 4.69) is 9.98 Å². The van der Waals surface area contributed by atoms with Crippen LogP contribution in [0.5, 0.6) is 0 Å². The summed E-state index contributed by atoms with van der Waals surface area (Å²) < 4.78 is 13.2. The fourth-order valence-corrected chi connectivity index (χ4v) is 2.65. The molecule has 1 aromatic heterocycles. The lowest BCUT2D eigenvalue weighted by atomic mass is 9.99. The number of carbonyl (C=O) groups is 1. The molecule has 24 heavy (non-hydrogen) atoms. The van der Waals surface area contributed by atoms with Crippen molar-refractivity contribution in [2.24, 2.45) is 16.5 Å². The van der Waals surface area contributed by atoms with Gasteiger partial charge in [0.25, 0.3) is 5.91 Å². The number of nitrogens with two attached hydrogens (primary N) is 2. The highest BCUT2D eigenvalue weighted by atomic mass is 35.5. The van der Waals surface area contributed by atoms with Crippen molar-refractivity contribution in [2.45, 2.75) is 0 Å². The molecule has 7 heteroatoms. The second kappa shape index (κ2) is 6.25. The molecule has 0 aliphatic heterocycles. The van der Waals surface area contributed by atoms with E-state index in [1.165, 1.54) is 18.3 Å². The minimum absolute atomic E-state index is 0.295. The third-order valence-corrected chi connectivity index (χ3v) is 3.72. The fourth-order valence-electron chi connectivity index (χ4n) is 2.39. The Hall–Kier alpha value is -2.99. The minimum Gasteiger partial charge on any atom is -0.370 e. The third kappa shape index (κ3) is 3.04. The summed E-state index contributed by atoms with van der Waals surface area (Å²) in [4.78, 5) is 19.8. The molecular weight excluding hydrogens is 331 g/mol. The number of amides is 1. The van der Waals surface area contributed by atoms with Gasteiger partial charge in [0.2, 0.25) is 0 Å². The predicted molar refractivity (Wildman–Crippen MR) is 92.3 cm³/mol. The summed E-state index contributed by atoms with van der Waals surface area (Å²) in [6.07, 6.45) is 1.51. The highest BCUT2D eigenvalue weighted by Crippen LogP contribution is 2.34. The fraction of sp³-hybridized carbons (Fsp3) is 0. The second-order valence-electron chi connectivity index (χ2n) is 5.06. The molecule has 0 bridgehead atoms. The van der Waals surface area contributed by atoms with E-state index in [0.717, 1.165) is 0 Å². The number of hydrogen-bond donors (Lipinski definition) is 2. The van der Waals surface area contributed by atoms with Crippen molar-refractivity contribution in [1.29, 1.82) is 0 Å². The van der Waals surface area contributed by atoms with Crippen molar-refractivity contribution in [3.63, 3.8) is 0 Å². The number of aliphatic imine (C=N–C) groups is 1. The van der Waals surface area contributed by atoms with Crippen LogP contribution in [0.1, 0.15) is 10.4 Å².